The van der Waals surface area contributed by atoms with Crippen LogP contribution in [0.15, 0.2) is 0 Å². The zero-order valence-electron chi connectivity index (χ0n) is 33.6. The summed E-state index contributed by atoms with van der Waals surface area (Å²) in [5.74, 6) is -0.215. The standard InChI is InChI=1S/C41H68O14/c1-35(2)24(54-33-29(48)26(45)20(44)17-51-33)9-11-41-18-40(41)13-12-37(5)31(39(7)10-8-25(55-39)36(3,4)50)19(43)15-38(37,6)23(40)14-21(32(35)41)52-34-30(49)28(47)27(46)22(16-42)53-34/h19-34,42-50H,8-18H2,1-7H3/t19-,20+,21-,22+,23-,24-,25-,26-,27-,28-,29+,30-,31-,32-,33-,34+,37+,38-,39+,40-,41+/m0/s1. The van der Waals surface area contributed by atoms with Crippen LogP contribution in [0.1, 0.15) is 106 Å². The van der Waals surface area contributed by atoms with E-state index in [-0.39, 0.29) is 52.1 Å². The lowest BCUT2D eigenvalue weighted by Crippen LogP contribution is -2.65. The highest BCUT2D eigenvalue weighted by Gasteiger charge is 2.85. The van der Waals surface area contributed by atoms with E-state index in [0.717, 1.165) is 32.1 Å². The highest BCUT2D eigenvalue weighted by molar-refractivity contribution is 5.33. The zero-order chi connectivity index (χ0) is 40.1. The van der Waals surface area contributed by atoms with Crippen molar-refractivity contribution in [2.24, 2.45) is 44.8 Å². The van der Waals surface area contributed by atoms with Crippen molar-refractivity contribution >= 4 is 0 Å². The van der Waals surface area contributed by atoms with Crippen molar-refractivity contribution in [2.75, 3.05) is 13.2 Å². The van der Waals surface area contributed by atoms with E-state index >= 15 is 0 Å². The first-order valence-electron chi connectivity index (χ1n) is 20.9. The first-order valence-corrected chi connectivity index (χ1v) is 20.9. The van der Waals surface area contributed by atoms with Gasteiger partial charge in [-0.3, -0.25) is 0 Å². The summed E-state index contributed by atoms with van der Waals surface area (Å²) in [6.45, 7) is 13.8. The molecule has 3 saturated heterocycles. The van der Waals surface area contributed by atoms with Gasteiger partial charge in [-0.25, -0.2) is 0 Å². The molecule has 0 aromatic rings. The molecule has 3 heterocycles. The summed E-state index contributed by atoms with van der Waals surface area (Å²) in [6.07, 6.45) is -7.48. The number of rotatable bonds is 7. The van der Waals surface area contributed by atoms with Crippen LogP contribution in [0, 0.1) is 44.8 Å². The molecule has 14 nitrogen and oxygen atoms in total. The fraction of sp³-hybridized carbons (Fsp3) is 1.00. The molecule has 0 amide bonds. The number of hydrogen-bond acceptors (Lipinski definition) is 14. The first kappa shape index (κ1) is 41.2. The lowest BCUT2D eigenvalue weighted by atomic mass is 9.41. The van der Waals surface area contributed by atoms with Crippen LogP contribution in [0.2, 0.25) is 0 Å². The molecule has 0 aromatic carbocycles. The van der Waals surface area contributed by atoms with E-state index in [1.165, 1.54) is 0 Å². The van der Waals surface area contributed by atoms with Gasteiger partial charge in [-0.1, -0.05) is 27.7 Å². The SMILES string of the molecule is CC(C)(O)[C@@H]1CC[C@](C)([C@H]2[C@@H](O)C[C@@]3(C)[C@@H]4C[C@H](O[C@@H]5O[C@H](CO)[C@H](O)[C@H](O)[C@@H]5O)[C@H]5C(C)(C)[C@@H](O[C@@H]6OC[C@@H](O)[C@H](O)[C@H]6O)CC[C@@]56C[C@@]46CC[C@]23C)O1. The van der Waals surface area contributed by atoms with Gasteiger partial charge < -0.3 is 69.6 Å². The smallest absolute Gasteiger partial charge is 0.186 e. The molecule has 2 spiro atoms. The van der Waals surface area contributed by atoms with Gasteiger partial charge in [-0.15, -0.1) is 0 Å². The molecule has 21 atom stereocenters. The molecule has 3 aliphatic heterocycles. The van der Waals surface area contributed by atoms with Gasteiger partial charge in [-0.2, -0.15) is 0 Å². The molecule has 14 heteroatoms. The highest BCUT2D eigenvalue weighted by Crippen LogP contribution is 2.89. The third-order valence-electron chi connectivity index (χ3n) is 17.6. The number of aliphatic hydroxyl groups excluding tert-OH is 8. The second-order valence-electron chi connectivity index (χ2n) is 21.1. The molecule has 8 rings (SSSR count). The average molecular weight is 785 g/mol. The lowest BCUT2D eigenvalue weighted by Gasteiger charge is -2.65. The Morgan fingerprint density at radius 2 is 1.40 bits per heavy atom. The monoisotopic (exact) mass is 784 g/mol. The quantitative estimate of drug-likeness (QED) is 0.162. The van der Waals surface area contributed by atoms with E-state index in [1.54, 1.807) is 13.8 Å². The largest absolute Gasteiger partial charge is 0.394 e. The summed E-state index contributed by atoms with van der Waals surface area (Å²) in [4.78, 5) is 0. The van der Waals surface area contributed by atoms with Gasteiger partial charge in [0.05, 0.1) is 48.8 Å². The number of hydrogen-bond donors (Lipinski definition) is 9. The van der Waals surface area contributed by atoms with E-state index in [2.05, 4.69) is 34.6 Å². The van der Waals surface area contributed by atoms with E-state index < -0.39 is 96.8 Å². The molecule has 5 saturated carbocycles. The van der Waals surface area contributed by atoms with Gasteiger partial charge in [0.15, 0.2) is 12.6 Å². The van der Waals surface area contributed by atoms with Crippen LogP contribution in [0.25, 0.3) is 0 Å². The van der Waals surface area contributed by atoms with Crippen molar-refractivity contribution in [3.05, 3.63) is 0 Å². The molecule has 0 bridgehead atoms. The summed E-state index contributed by atoms with van der Waals surface area (Å²) >= 11 is 0. The topological polar surface area (TPSA) is 228 Å². The minimum atomic E-state index is -1.60. The third kappa shape index (κ3) is 5.70. The van der Waals surface area contributed by atoms with E-state index in [1.807, 2.05) is 0 Å². The summed E-state index contributed by atoms with van der Waals surface area (Å²) < 4.78 is 31.9. The van der Waals surface area contributed by atoms with Crippen LogP contribution in [0.3, 0.4) is 0 Å². The Balaban J connectivity index is 1.15. The Morgan fingerprint density at radius 1 is 0.709 bits per heavy atom. The Labute approximate surface area is 324 Å². The van der Waals surface area contributed by atoms with Crippen LogP contribution in [-0.2, 0) is 23.7 Å². The molecule has 0 radical (unpaired) electrons. The van der Waals surface area contributed by atoms with E-state index in [0.29, 0.717) is 25.7 Å². The summed E-state index contributed by atoms with van der Waals surface area (Å²) in [5.41, 5.74) is -3.16. The van der Waals surface area contributed by atoms with Gasteiger partial charge in [0.1, 0.15) is 42.7 Å². The van der Waals surface area contributed by atoms with Gasteiger partial charge in [0, 0.05) is 5.92 Å². The minimum absolute atomic E-state index is 0.0633. The summed E-state index contributed by atoms with van der Waals surface area (Å²) in [5, 5.41) is 97.2. The van der Waals surface area contributed by atoms with Gasteiger partial charge in [0.25, 0.3) is 0 Å². The molecular weight excluding hydrogens is 716 g/mol. The van der Waals surface area contributed by atoms with Crippen LogP contribution < -0.4 is 0 Å². The Bertz CT molecular complexity index is 1460. The zero-order valence-corrected chi connectivity index (χ0v) is 33.6. The molecule has 316 valence electrons. The molecule has 9 N–H and O–H groups in total. The number of ether oxygens (including phenoxy) is 5. The molecule has 0 aromatic heterocycles. The molecule has 0 unspecified atom stereocenters. The maximum absolute atomic E-state index is 12.2. The van der Waals surface area contributed by atoms with Gasteiger partial charge in [-0.05, 0) is 117 Å². The Morgan fingerprint density at radius 3 is 2.05 bits per heavy atom. The summed E-state index contributed by atoms with van der Waals surface area (Å²) in [7, 11) is 0. The predicted octanol–water partition coefficient (Wildman–Crippen LogP) is 0.724. The van der Waals surface area contributed by atoms with Crippen molar-refractivity contribution < 1.29 is 69.6 Å². The molecule has 8 fully saturated rings. The predicted molar refractivity (Wildman–Crippen MR) is 194 cm³/mol. The molecule has 8 aliphatic rings. The highest BCUT2D eigenvalue weighted by atomic mass is 16.7. The lowest BCUT2D eigenvalue weighted by molar-refractivity contribution is -0.339. The van der Waals surface area contributed by atoms with Crippen LogP contribution in [-0.4, -0.2) is 150 Å². The molecular formula is C41H68O14. The maximum Gasteiger partial charge on any atom is 0.186 e. The van der Waals surface area contributed by atoms with Crippen molar-refractivity contribution in [3.63, 3.8) is 0 Å². The number of fused-ring (bicyclic) bond motifs is 2. The maximum atomic E-state index is 12.2. The second-order valence-corrected chi connectivity index (χ2v) is 21.1. The minimum Gasteiger partial charge on any atom is -0.394 e. The Kier molecular flexibility index (Phi) is 9.90. The van der Waals surface area contributed by atoms with Gasteiger partial charge >= 0.3 is 0 Å². The fourth-order valence-corrected chi connectivity index (χ4v) is 14.9. The van der Waals surface area contributed by atoms with E-state index in [9.17, 15) is 46.0 Å². The molecule has 5 aliphatic carbocycles. The van der Waals surface area contributed by atoms with Crippen molar-refractivity contribution in [3.8, 4) is 0 Å². The van der Waals surface area contributed by atoms with E-state index in [4.69, 9.17) is 23.7 Å². The first-order chi connectivity index (χ1) is 25.5. The normalized spacial score (nSPS) is 58.7. The average Bonchev–Trinajstić information content (AvgIpc) is 3.47. The number of aliphatic hydroxyl groups is 9. The van der Waals surface area contributed by atoms with Crippen LogP contribution in [0.5, 0.6) is 0 Å². The Hall–Kier alpha value is -0.560. The van der Waals surface area contributed by atoms with Crippen LogP contribution in [0.4, 0.5) is 0 Å². The molecule has 55 heavy (non-hydrogen) atoms. The summed E-state index contributed by atoms with van der Waals surface area (Å²) in [6, 6.07) is 0. The van der Waals surface area contributed by atoms with Crippen molar-refractivity contribution in [1.82, 2.24) is 0 Å². The second kappa shape index (κ2) is 13.2. The van der Waals surface area contributed by atoms with Crippen molar-refractivity contribution in [1.29, 1.82) is 0 Å². The van der Waals surface area contributed by atoms with Crippen LogP contribution >= 0.6 is 0 Å². The third-order valence-corrected chi connectivity index (χ3v) is 17.6. The fourth-order valence-electron chi connectivity index (χ4n) is 14.9. The van der Waals surface area contributed by atoms with Crippen molar-refractivity contribution in [2.45, 2.75) is 197 Å². The van der Waals surface area contributed by atoms with Gasteiger partial charge in [0.2, 0.25) is 0 Å².